The molecule has 5 nitrogen and oxygen atoms in total. The summed E-state index contributed by atoms with van der Waals surface area (Å²) >= 11 is 0. The number of fused-ring (bicyclic) bond motifs is 2. The summed E-state index contributed by atoms with van der Waals surface area (Å²) in [4.78, 5) is 15.0. The van der Waals surface area contributed by atoms with Gasteiger partial charge in [-0.25, -0.2) is 0 Å². The molecule has 1 amide bonds. The Morgan fingerprint density at radius 2 is 2.14 bits per heavy atom. The largest absolute Gasteiger partial charge is 0.331 e. The van der Waals surface area contributed by atoms with Crippen LogP contribution >= 0.6 is 0 Å². The highest BCUT2D eigenvalue weighted by Crippen LogP contribution is 2.41. The summed E-state index contributed by atoms with van der Waals surface area (Å²) in [6, 6.07) is 7.80. The predicted octanol–water partition coefficient (Wildman–Crippen LogP) is 1.63. The molecule has 2 aromatic rings. The van der Waals surface area contributed by atoms with Crippen LogP contribution in [0.25, 0.3) is 10.9 Å². The summed E-state index contributed by atoms with van der Waals surface area (Å²) in [7, 11) is 0. The summed E-state index contributed by atoms with van der Waals surface area (Å²) in [6.07, 6.45) is 0. The zero-order chi connectivity index (χ0) is 14.6. The van der Waals surface area contributed by atoms with Gasteiger partial charge in [-0.2, -0.15) is 5.10 Å². The topological polar surface area (TPSA) is 61.0 Å². The van der Waals surface area contributed by atoms with Crippen molar-refractivity contribution >= 4 is 16.8 Å². The summed E-state index contributed by atoms with van der Waals surface area (Å²) in [6.45, 7) is 7.20. The molecule has 0 saturated carbocycles. The molecule has 2 aliphatic heterocycles. The minimum Gasteiger partial charge on any atom is -0.331 e. The first kappa shape index (κ1) is 12.8. The van der Waals surface area contributed by atoms with Crippen molar-refractivity contribution in [3.63, 3.8) is 0 Å². The number of aromatic amines is 1. The maximum atomic E-state index is 13.0. The van der Waals surface area contributed by atoms with Crippen LogP contribution in [0.5, 0.6) is 0 Å². The third-order valence-corrected chi connectivity index (χ3v) is 5.28. The van der Waals surface area contributed by atoms with E-state index in [0.29, 0.717) is 17.5 Å². The van der Waals surface area contributed by atoms with E-state index in [1.165, 1.54) is 0 Å². The summed E-state index contributed by atoms with van der Waals surface area (Å²) in [5.41, 5.74) is 1.34. The molecule has 5 heteroatoms. The van der Waals surface area contributed by atoms with Crippen molar-refractivity contribution in [2.45, 2.75) is 19.4 Å². The second kappa shape index (κ2) is 4.31. The van der Waals surface area contributed by atoms with Crippen molar-refractivity contribution in [3.8, 4) is 0 Å². The second-order valence-corrected chi connectivity index (χ2v) is 6.71. The molecule has 1 aromatic carbocycles. The van der Waals surface area contributed by atoms with Gasteiger partial charge in [0.05, 0.1) is 5.52 Å². The molecule has 0 aliphatic carbocycles. The quantitative estimate of drug-likeness (QED) is 0.837. The zero-order valence-electron chi connectivity index (χ0n) is 12.4. The molecule has 3 heterocycles. The van der Waals surface area contributed by atoms with Crippen LogP contribution in [-0.4, -0.2) is 46.2 Å². The molecular formula is C16H20N4O. The highest BCUT2D eigenvalue weighted by Gasteiger charge is 2.51. The molecule has 1 aromatic heterocycles. The zero-order valence-corrected chi connectivity index (χ0v) is 12.4. The molecule has 4 rings (SSSR count). The van der Waals surface area contributed by atoms with Gasteiger partial charge in [0.1, 0.15) is 0 Å². The van der Waals surface area contributed by atoms with Crippen LogP contribution in [0.3, 0.4) is 0 Å². The fraction of sp³-hybridized carbons (Fsp3) is 0.500. The first-order valence-corrected chi connectivity index (χ1v) is 7.55. The number of hydrogen-bond donors (Lipinski definition) is 2. The van der Waals surface area contributed by atoms with E-state index in [2.05, 4.69) is 29.4 Å². The van der Waals surface area contributed by atoms with Crippen molar-refractivity contribution in [3.05, 3.63) is 30.0 Å². The summed E-state index contributed by atoms with van der Waals surface area (Å²) < 4.78 is 0. The van der Waals surface area contributed by atoms with E-state index >= 15 is 0 Å². The van der Waals surface area contributed by atoms with E-state index in [-0.39, 0.29) is 11.4 Å². The van der Waals surface area contributed by atoms with Gasteiger partial charge in [-0.05, 0) is 31.7 Å². The number of carbonyl (C=O) groups is 1. The minimum absolute atomic E-state index is 0.0480. The van der Waals surface area contributed by atoms with Crippen molar-refractivity contribution < 1.29 is 4.79 Å². The number of aromatic nitrogens is 2. The molecule has 21 heavy (non-hydrogen) atoms. The van der Waals surface area contributed by atoms with Crippen LogP contribution in [0.2, 0.25) is 0 Å². The average molecular weight is 284 g/mol. The number of H-pyrrole nitrogens is 1. The number of carbonyl (C=O) groups excluding carboxylic acids is 1. The first-order valence-electron chi connectivity index (χ1n) is 7.55. The molecule has 0 bridgehead atoms. The number of rotatable bonds is 1. The van der Waals surface area contributed by atoms with Gasteiger partial charge in [0.2, 0.25) is 0 Å². The number of nitrogens with zero attached hydrogens (tertiary/aromatic N) is 2. The molecule has 2 unspecified atom stereocenters. The van der Waals surface area contributed by atoms with Gasteiger partial charge in [-0.1, -0.05) is 18.2 Å². The molecular weight excluding hydrogens is 264 g/mol. The molecule has 2 N–H and O–H groups in total. The number of para-hydroxylation sites is 1. The maximum absolute atomic E-state index is 13.0. The predicted molar refractivity (Wildman–Crippen MR) is 81.1 cm³/mol. The normalized spacial score (nSPS) is 27.2. The van der Waals surface area contributed by atoms with Gasteiger partial charge in [0, 0.05) is 30.6 Å². The SMILES string of the molecule is CC1(C)C2CNCC2CN1C(=O)c1n[nH]c2ccccc12. The first-order chi connectivity index (χ1) is 10.1. The third kappa shape index (κ3) is 1.73. The summed E-state index contributed by atoms with van der Waals surface area (Å²) in [5.74, 6) is 1.15. The minimum atomic E-state index is -0.120. The van der Waals surface area contributed by atoms with E-state index in [4.69, 9.17) is 0 Å². The molecule has 0 radical (unpaired) electrons. The molecule has 2 aliphatic rings. The van der Waals surface area contributed by atoms with E-state index in [9.17, 15) is 4.79 Å². The third-order valence-electron chi connectivity index (χ3n) is 5.28. The Kier molecular flexibility index (Phi) is 2.63. The Morgan fingerprint density at radius 3 is 2.95 bits per heavy atom. The van der Waals surface area contributed by atoms with Crippen LogP contribution in [0.4, 0.5) is 0 Å². The number of amides is 1. The van der Waals surface area contributed by atoms with E-state index in [1.54, 1.807) is 0 Å². The van der Waals surface area contributed by atoms with Crippen molar-refractivity contribution in [1.29, 1.82) is 0 Å². The fourth-order valence-corrected chi connectivity index (χ4v) is 4.02. The lowest BCUT2D eigenvalue weighted by atomic mass is 9.85. The van der Waals surface area contributed by atoms with Crippen LogP contribution in [0.15, 0.2) is 24.3 Å². The van der Waals surface area contributed by atoms with Crippen molar-refractivity contribution in [2.24, 2.45) is 11.8 Å². The Hall–Kier alpha value is -1.88. The van der Waals surface area contributed by atoms with Gasteiger partial charge in [0.15, 0.2) is 5.69 Å². The van der Waals surface area contributed by atoms with Gasteiger partial charge in [-0.3, -0.25) is 9.89 Å². The van der Waals surface area contributed by atoms with Gasteiger partial charge >= 0.3 is 0 Å². The maximum Gasteiger partial charge on any atom is 0.275 e. The van der Waals surface area contributed by atoms with E-state index in [0.717, 1.165) is 30.5 Å². The van der Waals surface area contributed by atoms with Crippen molar-refractivity contribution in [1.82, 2.24) is 20.4 Å². The lowest BCUT2D eigenvalue weighted by Gasteiger charge is -2.35. The van der Waals surface area contributed by atoms with Gasteiger partial charge < -0.3 is 10.2 Å². The number of hydrogen-bond acceptors (Lipinski definition) is 3. The Morgan fingerprint density at radius 1 is 1.33 bits per heavy atom. The highest BCUT2D eigenvalue weighted by molar-refractivity contribution is 6.05. The van der Waals surface area contributed by atoms with Crippen LogP contribution in [0, 0.1) is 11.8 Å². The average Bonchev–Trinajstić information content (AvgIpc) is 3.14. The van der Waals surface area contributed by atoms with Crippen LogP contribution in [0.1, 0.15) is 24.3 Å². The van der Waals surface area contributed by atoms with Gasteiger partial charge in [0.25, 0.3) is 5.91 Å². The van der Waals surface area contributed by atoms with Crippen molar-refractivity contribution in [2.75, 3.05) is 19.6 Å². The van der Waals surface area contributed by atoms with Crippen LogP contribution in [-0.2, 0) is 0 Å². The number of likely N-dealkylation sites (tertiary alicyclic amines) is 1. The number of benzene rings is 1. The van der Waals surface area contributed by atoms with Crippen LogP contribution < -0.4 is 5.32 Å². The summed E-state index contributed by atoms with van der Waals surface area (Å²) in [5, 5.41) is 11.6. The molecule has 0 spiro atoms. The molecule has 110 valence electrons. The Labute approximate surface area is 123 Å². The molecule has 2 fully saturated rings. The Balaban J connectivity index is 1.72. The smallest absolute Gasteiger partial charge is 0.275 e. The highest BCUT2D eigenvalue weighted by atomic mass is 16.2. The monoisotopic (exact) mass is 284 g/mol. The van der Waals surface area contributed by atoms with Gasteiger partial charge in [-0.15, -0.1) is 0 Å². The fourth-order valence-electron chi connectivity index (χ4n) is 4.02. The van der Waals surface area contributed by atoms with E-state index < -0.39 is 0 Å². The Bertz CT molecular complexity index is 705. The standard InChI is InChI=1S/C16H20N4O/c1-16(2)12-8-17-7-10(12)9-20(16)15(21)14-11-5-3-4-6-13(11)18-19-14/h3-6,10,12,17H,7-9H2,1-2H3,(H,18,19). The molecule has 2 saturated heterocycles. The lowest BCUT2D eigenvalue weighted by Crippen LogP contribution is -2.47. The number of nitrogens with one attached hydrogen (secondary N) is 2. The molecule has 2 atom stereocenters. The van der Waals surface area contributed by atoms with E-state index in [1.807, 2.05) is 29.2 Å². The lowest BCUT2D eigenvalue weighted by molar-refractivity contribution is 0.0599. The second-order valence-electron chi connectivity index (χ2n) is 6.71.